The average Bonchev–Trinajstić information content (AvgIpc) is 3.21. The average molecular weight is 390 g/mol. The fraction of sp³-hybridized carbons (Fsp3) is 0.286. The molecule has 8 heteroatoms. The highest BCUT2D eigenvalue weighted by molar-refractivity contribution is 5.99. The number of nitriles is 1. The van der Waals surface area contributed by atoms with Crippen molar-refractivity contribution < 1.29 is 9.18 Å². The van der Waals surface area contributed by atoms with E-state index >= 15 is 4.39 Å². The Labute approximate surface area is 167 Å². The number of likely N-dealkylation sites (tertiary alicyclic amines) is 1. The predicted octanol–water partition coefficient (Wildman–Crippen LogP) is 2.86. The summed E-state index contributed by atoms with van der Waals surface area (Å²) in [5.41, 5.74) is 0.709. The van der Waals surface area contributed by atoms with Gasteiger partial charge in [0.15, 0.2) is 5.69 Å². The number of aromatic nitrogens is 4. The molecule has 0 unspecified atom stereocenters. The van der Waals surface area contributed by atoms with Gasteiger partial charge >= 0.3 is 0 Å². The van der Waals surface area contributed by atoms with Crippen LogP contribution in [0.25, 0.3) is 11.3 Å². The molecule has 3 aromatic heterocycles. The monoisotopic (exact) mass is 390 g/mol. The summed E-state index contributed by atoms with van der Waals surface area (Å²) in [6, 6.07) is 10.6. The number of piperidine rings is 1. The van der Waals surface area contributed by atoms with Gasteiger partial charge in [-0.25, -0.2) is 4.39 Å². The van der Waals surface area contributed by atoms with Crippen molar-refractivity contribution in [3.63, 3.8) is 0 Å². The van der Waals surface area contributed by atoms with Crippen LogP contribution in [0.5, 0.6) is 0 Å². The molecule has 1 aliphatic heterocycles. The minimum Gasteiger partial charge on any atom is -0.338 e. The van der Waals surface area contributed by atoms with Crippen molar-refractivity contribution in [3.05, 3.63) is 66.4 Å². The highest BCUT2D eigenvalue weighted by Gasteiger charge is 2.37. The largest absolute Gasteiger partial charge is 0.338 e. The first kappa shape index (κ1) is 18.7. The van der Waals surface area contributed by atoms with E-state index in [1.807, 2.05) is 18.2 Å². The van der Waals surface area contributed by atoms with Gasteiger partial charge < -0.3 is 4.90 Å². The fourth-order valence-electron chi connectivity index (χ4n) is 3.56. The number of carbonyl (C=O) groups is 1. The van der Waals surface area contributed by atoms with Gasteiger partial charge in [-0.3, -0.25) is 19.4 Å². The van der Waals surface area contributed by atoms with Crippen LogP contribution in [0.15, 0.2) is 55.1 Å². The first-order chi connectivity index (χ1) is 14.1. The number of pyridine rings is 2. The molecule has 7 nitrogen and oxygen atoms in total. The minimum absolute atomic E-state index is 0.0753. The van der Waals surface area contributed by atoms with E-state index in [0.29, 0.717) is 24.3 Å². The quantitative estimate of drug-likeness (QED) is 0.684. The molecule has 0 atom stereocenters. The van der Waals surface area contributed by atoms with Gasteiger partial charge in [0.2, 0.25) is 0 Å². The number of amides is 1. The lowest BCUT2D eigenvalue weighted by molar-refractivity contribution is 0.0338. The summed E-state index contributed by atoms with van der Waals surface area (Å²) >= 11 is 0. The van der Waals surface area contributed by atoms with Crippen molar-refractivity contribution in [1.82, 2.24) is 24.6 Å². The van der Waals surface area contributed by atoms with E-state index in [0.717, 1.165) is 5.56 Å². The van der Waals surface area contributed by atoms with E-state index in [4.69, 9.17) is 5.26 Å². The molecule has 1 amide bonds. The molecule has 146 valence electrons. The summed E-state index contributed by atoms with van der Waals surface area (Å²) in [7, 11) is 0. The number of carbonyl (C=O) groups excluding carboxylic acids is 1. The first-order valence-electron chi connectivity index (χ1n) is 9.35. The van der Waals surface area contributed by atoms with Crippen molar-refractivity contribution >= 4 is 5.91 Å². The summed E-state index contributed by atoms with van der Waals surface area (Å²) in [5, 5.41) is 12.9. The van der Waals surface area contributed by atoms with E-state index < -0.39 is 5.67 Å². The number of nitrogens with zero attached hydrogens (tertiary/aromatic N) is 6. The number of hydrogen-bond acceptors (Lipinski definition) is 5. The molecule has 0 N–H and O–H groups in total. The second-order valence-electron chi connectivity index (χ2n) is 7.09. The first-order valence-corrected chi connectivity index (χ1v) is 9.35. The molecular weight excluding hydrogens is 371 g/mol. The second-order valence-corrected chi connectivity index (χ2v) is 7.09. The Morgan fingerprint density at radius 2 is 1.93 bits per heavy atom. The zero-order chi connectivity index (χ0) is 20.3. The van der Waals surface area contributed by atoms with Crippen LogP contribution in [-0.4, -0.2) is 49.3 Å². The number of alkyl halides is 1. The van der Waals surface area contributed by atoms with Crippen LogP contribution in [0.2, 0.25) is 0 Å². The maximum atomic E-state index is 15.3. The lowest BCUT2D eigenvalue weighted by atomic mass is 9.92. The predicted molar refractivity (Wildman–Crippen MR) is 103 cm³/mol. The van der Waals surface area contributed by atoms with Crippen molar-refractivity contribution in [2.75, 3.05) is 13.1 Å². The summed E-state index contributed by atoms with van der Waals surface area (Å²) in [5.74, 6) is -0.155. The van der Waals surface area contributed by atoms with Crippen LogP contribution in [0.4, 0.5) is 4.39 Å². The molecule has 0 aromatic carbocycles. The van der Waals surface area contributed by atoms with Gasteiger partial charge in [0.25, 0.3) is 5.91 Å². The topological polar surface area (TPSA) is 87.7 Å². The van der Waals surface area contributed by atoms with Gasteiger partial charge in [-0.05, 0) is 30.3 Å². The smallest absolute Gasteiger partial charge is 0.256 e. The fourth-order valence-corrected chi connectivity index (χ4v) is 3.56. The Hall–Kier alpha value is -3.60. The van der Waals surface area contributed by atoms with Gasteiger partial charge in [-0.2, -0.15) is 10.4 Å². The molecule has 3 aromatic rings. The zero-order valence-corrected chi connectivity index (χ0v) is 15.7. The second kappa shape index (κ2) is 7.80. The molecule has 0 aliphatic carbocycles. The Morgan fingerprint density at radius 3 is 2.62 bits per heavy atom. The van der Waals surface area contributed by atoms with E-state index in [1.54, 1.807) is 47.9 Å². The van der Waals surface area contributed by atoms with E-state index in [-0.39, 0.29) is 31.0 Å². The SMILES string of the molecule is N#Cc1ccn(CC2(F)CCN(C(=O)c3cccnc3-c3ccncc3)CC2)n1. The van der Waals surface area contributed by atoms with Crippen molar-refractivity contribution in [3.8, 4) is 17.3 Å². The van der Waals surface area contributed by atoms with Crippen LogP contribution in [0.3, 0.4) is 0 Å². The lowest BCUT2D eigenvalue weighted by Gasteiger charge is -2.36. The summed E-state index contributed by atoms with van der Waals surface area (Å²) in [4.78, 5) is 23.1. The van der Waals surface area contributed by atoms with E-state index in [2.05, 4.69) is 15.1 Å². The molecule has 0 spiro atoms. The molecule has 1 aliphatic rings. The third kappa shape index (κ3) is 3.99. The van der Waals surface area contributed by atoms with Gasteiger partial charge in [0.1, 0.15) is 11.7 Å². The Bertz CT molecular complexity index is 1050. The van der Waals surface area contributed by atoms with Crippen LogP contribution in [0.1, 0.15) is 28.9 Å². The summed E-state index contributed by atoms with van der Waals surface area (Å²) in [6.07, 6.45) is 6.99. The maximum absolute atomic E-state index is 15.3. The van der Waals surface area contributed by atoms with Crippen LogP contribution in [0, 0.1) is 11.3 Å². The normalized spacial score (nSPS) is 15.7. The highest BCUT2D eigenvalue weighted by Crippen LogP contribution is 2.30. The van der Waals surface area contributed by atoms with Gasteiger partial charge in [-0.15, -0.1) is 0 Å². The third-order valence-electron chi connectivity index (χ3n) is 5.14. The van der Waals surface area contributed by atoms with Gasteiger partial charge in [0.05, 0.1) is 17.8 Å². The molecule has 0 radical (unpaired) electrons. The summed E-state index contributed by atoms with van der Waals surface area (Å²) < 4.78 is 16.7. The molecule has 1 fully saturated rings. The summed E-state index contributed by atoms with van der Waals surface area (Å²) in [6.45, 7) is 0.699. The molecule has 1 saturated heterocycles. The van der Waals surface area contributed by atoms with Gasteiger partial charge in [0, 0.05) is 56.3 Å². The van der Waals surface area contributed by atoms with Gasteiger partial charge in [-0.1, -0.05) is 0 Å². The molecular formula is C21H19FN6O. The lowest BCUT2D eigenvalue weighted by Crippen LogP contribution is -2.46. The number of rotatable bonds is 4. The van der Waals surface area contributed by atoms with E-state index in [1.165, 1.54) is 4.68 Å². The Kier molecular flexibility index (Phi) is 5.04. The molecule has 0 saturated carbocycles. The Morgan fingerprint density at radius 1 is 1.17 bits per heavy atom. The minimum atomic E-state index is -1.46. The van der Waals surface area contributed by atoms with Crippen LogP contribution in [-0.2, 0) is 6.54 Å². The highest BCUT2D eigenvalue weighted by atomic mass is 19.1. The van der Waals surface area contributed by atoms with E-state index in [9.17, 15) is 4.79 Å². The van der Waals surface area contributed by atoms with Crippen molar-refractivity contribution in [2.24, 2.45) is 0 Å². The van der Waals surface area contributed by atoms with Crippen molar-refractivity contribution in [1.29, 1.82) is 5.26 Å². The number of halogens is 1. The number of hydrogen-bond donors (Lipinski definition) is 0. The standard InChI is InChI=1S/C21H19FN6O/c22-21(15-28-11-5-17(14-23)26-28)6-12-27(13-7-21)20(29)18-2-1-8-25-19(18)16-3-9-24-10-4-16/h1-5,8-11H,6-7,12-13,15H2. The molecule has 4 heterocycles. The van der Waals surface area contributed by atoms with Crippen LogP contribution < -0.4 is 0 Å². The third-order valence-corrected chi connectivity index (χ3v) is 5.14. The zero-order valence-electron chi connectivity index (χ0n) is 15.7. The maximum Gasteiger partial charge on any atom is 0.256 e. The van der Waals surface area contributed by atoms with Crippen molar-refractivity contribution in [2.45, 2.75) is 25.1 Å². The molecule has 0 bridgehead atoms. The Balaban J connectivity index is 1.47. The molecule has 29 heavy (non-hydrogen) atoms. The molecule has 4 rings (SSSR count). The van der Waals surface area contributed by atoms with Crippen LogP contribution >= 0.6 is 0 Å².